The third-order valence-electron chi connectivity index (χ3n) is 6.12. The molecular weight excluding hydrogens is 456 g/mol. The molecule has 1 N–H and O–H groups in total. The van der Waals surface area contributed by atoms with E-state index in [-0.39, 0.29) is 5.91 Å². The topological polar surface area (TPSA) is 63.8 Å². The van der Waals surface area contributed by atoms with Crippen LogP contribution < -0.4 is 10.1 Å². The number of amides is 1. The number of rotatable bonds is 8. The van der Waals surface area contributed by atoms with Gasteiger partial charge in [0.2, 0.25) is 0 Å². The molecule has 0 saturated heterocycles. The Hall–Kier alpha value is -3.64. The highest BCUT2D eigenvalue weighted by Crippen LogP contribution is 2.40. The number of aliphatic imine (C=N–C) groups is 1. The maximum absolute atomic E-state index is 13.1. The van der Waals surface area contributed by atoms with Crippen LogP contribution in [0.25, 0.3) is 0 Å². The van der Waals surface area contributed by atoms with E-state index in [1.807, 2.05) is 42.6 Å². The monoisotopic (exact) mass is 484 g/mol. The Morgan fingerprint density at radius 3 is 2.66 bits per heavy atom. The molecule has 4 aromatic rings. The average Bonchev–Trinajstić information content (AvgIpc) is 3.54. The fourth-order valence-electron chi connectivity index (χ4n) is 4.18. The van der Waals surface area contributed by atoms with Gasteiger partial charge in [-0.1, -0.05) is 29.8 Å². The Kier molecular flexibility index (Phi) is 7.09. The standard InChI is InChI=1S/C29H28N2O3S/c1-20-8-10-22(11-9-20)19-34-23-14-12-21(13-15-23)17-31-29-27(25-6-2-3-7-26(25)35-29)28(32)30-18-24-5-4-16-33-24/h4-5,8-17H,2-3,6-7,18-19H2,1H3,(H,30,32). The fourth-order valence-corrected chi connectivity index (χ4v) is 5.41. The molecule has 178 valence electrons. The van der Waals surface area contributed by atoms with Crippen LogP contribution in [0, 0.1) is 6.92 Å². The lowest BCUT2D eigenvalue weighted by atomic mass is 9.95. The summed E-state index contributed by atoms with van der Waals surface area (Å²) in [4.78, 5) is 19.2. The van der Waals surface area contributed by atoms with E-state index in [1.165, 1.54) is 10.4 Å². The zero-order chi connectivity index (χ0) is 24.0. The van der Waals surface area contributed by atoms with Crippen molar-refractivity contribution < 1.29 is 13.9 Å². The van der Waals surface area contributed by atoms with Gasteiger partial charge in [-0.15, -0.1) is 11.3 Å². The molecule has 35 heavy (non-hydrogen) atoms. The molecule has 0 spiro atoms. The van der Waals surface area contributed by atoms with Gasteiger partial charge in [0, 0.05) is 11.1 Å². The lowest BCUT2D eigenvalue weighted by Gasteiger charge is -2.12. The van der Waals surface area contributed by atoms with Crippen molar-refractivity contribution in [1.82, 2.24) is 5.32 Å². The second kappa shape index (κ2) is 10.7. The van der Waals surface area contributed by atoms with Crippen LogP contribution >= 0.6 is 11.3 Å². The molecule has 0 fully saturated rings. The van der Waals surface area contributed by atoms with Crippen LogP contribution in [-0.4, -0.2) is 12.1 Å². The normalized spacial score (nSPS) is 13.1. The lowest BCUT2D eigenvalue weighted by Crippen LogP contribution is -2.23. The van der Waals surface area contributed by atoms with E-state index in [4.69, 9.17) is 14.1 Å². The van der Waals surface area contributed by atoms with Crippen LogP contribution in [-0.2, 0) is 26.0 Å². The summed E-state index contributed by atoms with van der Waals surface area (Å²) in [6, 6.07) is 19.9. The van der Waals surface area contributed by atoms with Crippen LogP contribution in [0.5, 0.6) is 5.75 Å². The third-order valence-corrected chi connectivity index (χ3v) is 7.32. The number of aryl methyl sites for hydroxylation is 2. The van der Waals surface area contributed by atoms with E-state index >= 15 is 0 Å². The van der Waals surface area contributed by atoms with Gasteiger partial charge in [0.15, 0.2) is 0 Å². The molecule has 5 nitrogen and oxygen atoms in total. The molecule has 1 aliphatic carbocycles. The lowest BCUT2D eigenvalue weighted by molar-refractivity contribution is 0.0948. The summed E-state index contributed by atoms with van der Waals surface area (Å²) >= 11 is 1.64. The van der Waals surface area contributed by atoms with Crippen molar-refractivity contribution in [3.8, 4) is 5.75 Å². The van der Waals surface area contributed by atoms with E-state index < -0.39 is 0 Å². The minimum atomic E-state index is -0.0900. The van der Waals surface area contributed by atoms with Gasteiger partial charge < -0.3 is 14.5 Å². The van der Waals surface area contributed by atoms with Gasteiger partial charge in [-0.05, 0) is 85.7 Å². The predicted octanol–water partition coefficient (Wildman–Crippen LogP) is 6.79. The number of hydrogen-bond donors (Lipinski definition) is 1. The highest BCUT2D eigenvalue weighted by Gasteiger charge is 2.25. The summed E-state index contributed by atoms with van der Waals surface area (Å²) in [5, 5.41) is 3.77. The fraction of sp³-hybridized carbons (Fsp3) is 0.241. The summed E-state index contributed by atoms with van der Waals surface area (Å²) in [5.41, 5.74) is 5.21. The number of nitrogens with one attached hydrogen (secondary N) is 1. The summed E-state index contributed by atoms with van der Waals surface area (Å²) in [5.74, 6) is 1.46. The molecule has 0 saturated carbocycles. The molecular formula is C29H28N2O3S. The summed E-state index contributed by atoms with van der Waals surface area (Å²) in [6.07, 6.45) is 7.65. The largest absolute Gasteiger partial charge is 0.489 e. The van der Waals surface area contributed by atoms with E-state index in [0.29, 0.717) is 18.7 Å². The minimum Gasteiger partial charge on any atom is -0.489 e. The molecule has 1 aliphatic rings. The molecule has 6 heteroatoms. The van der Waals surface area contributed by atoms with Gasteiger partial charge >= 0.3 is 0 Å². The number of benzene rings is 2. The van der Waals surface area contributed by atoms with E-state index in [1.54, 1.807) is 17.6 Å². The Morgan fingerprint density at radius 1 is 1.09 bits per heavy atom. The number of hydrogen-bond acceptors (Lipinski definition) is 5. The number of thiophene rings is 1. The quantitative estimate of drug-likeness (QED) is 0.280. The summed E-state index contributed by atoms with van der Waals surface area (Å²) in [7, 11) is 0. The first-order valence-corrected chi connectivity index (χ1v) is 12.7. The maximum atomic E-state index is 13.1. The van der Waals surface area contributed by atoms with Crippen molar-refractivity contribution in [2.24, 2.45) is 4.99 Å². The molecule has 5 rings (SSSR count). The van der Waals surface area contributed by atoms with Gasteiger partial charge in [-0.25, -0.2) is 4.99 Å². The Labute approximate surface area is 209 Å². The predicted molar refractivity (Wildman–Crippen MR) is 140 cm³/mol. The van der Waals surface area contributed by atoms with E-state index in [2.05, 4.69) is 36.5 Å². The number of furan rings is 1. The number of nitrogens with zero attached hydrogens (tertiary/aromatic N) is 1. The van der Waals surface area contributed by atoms with Crippen molar-refractivity contribution >= 4 is 28.5 Å². The summed E-state index contributed by atoms with van der Waals surface area (Å²) < 4.78 is 11.3. The molecule has 0 radical (unpaired) electrons. The molecule has 2 heterocycles. The average molecular weight is 485 g/mol. The first-order valence-electron chi connectivity index (χ1n) is 11.9. The smallest absolute Gasteiger partial charge is 0.255 e. The van der Waals surface area contributed by atoms with Crippen LogP contribution in [0.2, 0.25) is 0 Å². The SMILES string of the molecule is Cc1ccc(COc2ccc(C=Nc3sc4c(c3C(=O)NCc3ccco3)CCCC4)cc2)cc1. The molecule has 0 unspecified atom stereocenters. The van der Waals surface area contributed by atoms with Crippen LogP contribution in [0.4, 0.5) is 5.00 Å². The minimum absolute atomic E-state index is 0.0900. The van der Waals surface area contributed by atoms with Crippen molar-refractivity contribution in [1.29, 1.82) is 0 Å². The number of ether oxygens (including phenoxy) is 1. The highest BCUT2D eigenvalue weighted by molar-refractivity contribution is 7.16. The Balaban J connectivity index is 1.28. The van der Waals surface area contributed by atoms with Crippen LogP contribution in [0.3, 0.4) is 0 Å². The molecule has 0 atom stereocenters. The van der Waals surface area contributed by atoms with Gasteiger partial charge in [0.25, 0.3) is 5.91 Å². The Morgan fingerprint density at radius 2 is 1.89 bits per heavy atom. The van der Waals surface area contributed by atoms with Gasteiger partial charge in [-0.3, -0.25) is 4.79 Å². The second-order valence-electron chi connectivity index (χ2n) is 8.75. The van der Waals surface area contributed by atoms with Crippen molar-refractivity contribution in [3.63, 3.8) is 0 Å². The molecule has 0 bridgehead atoms. The molecule has 1 amide bonds. The molecule has 0 aliphatic heterocycles. The van der Waals surface area contributed by atoms with Crippen molar-refractivity contribution in [3.05, 3.63) is 105 Å². The molecule has 2 aromatic heterocycles. The number of carbonyl (C=O) groups is 1. The molecule has 2 aromatic carbocycles. The van der Waals surface area contributed by atoms with Crippen molar-refractivity contribution in [2.45, 2.75) is 45.8 Å². The van der Waals surface area contributed by atoms with Gasteiger partial charge in [-0.2, -0.15) is 0 Å². The van der Waals surface area contributed by atoms with Gasteiger partial charge in [0.05, 0.1) is 18.4 Å². The van der Waals surface area contributed by atoms with Crippen molar-refractivity contribution in [2.75, 3.05) is 0 Å². The number of carbonyl (C=O) groups excluding carboxylic acids is 1. The third kappa shape index (κ3) is 5.72. The zero-order valence-corrected chi connectivity index (χ0v) is 20.6. The first kappa shape index (κ1) is 23.1. The van der Waals surface area contributed by atoms with Crippen LogP contribution in [0.15, 0.2) is 76.3 Å². The van der Waals surface area contributed by atoms with Crippen LogP contribution in [0.1, 0.15) is 56.1 Å². The first-order chi connectivity index (χ1) is 17.2. The van der Waals surface area contributed by atoms with E-state index in [9.17, 15) is 4.79 Å². The highest BCUT2D eigenvalue weighted by atomic mass is 32.1. The maximum Gasteiger partial charge on any atom is 0.255 e. The second-order valence-corrected chi connectivity index (χ2v) is 9.84. The zero-order valence-electron chi connectivity index (χ0n) is 19.8. The summed E-state index contributed by atoms with van der Waals surface area (Å²) in [6.45, 7) is 2.97. The van der Waals surface area contributed by atoms with E-state index in [0.717, 1.165) is 58.9 Å². The van der Waals surface area contributed by atoms with Gasteiger partial charge in [0.1, 0.15) is 23.1 Å². The Bertz CT molecular complexity index is 1300. The number of fused-ring (bicyclic) bond motifs is 1.